The molecule has 0 saturated heterocycles. The molecule has 3 N–H and O–H groups in total. The Balaban J connectivity index is 2.63. The van der Waals surface area contributed by atoms with Gasteiger partial charge in [0.2, 0.25) is 5.28 Å². The molecule has 0 amide bonds. The van der Waals surface area contributed by atoms with Gasteiger partial charge in [0.1, 0.15) is 23.6 Å². The summed E-state index contributed by atoms with van der Waals surface area (Å²) in [5, 5.41) is 11.4. The Morgan fingerprint density at radius 3 is 2.64 bits per heavy atom. The van der Waals surface area contributed by atoms with Gasteiger partial charge in [0.05, 0.1) is 12.2 Å². The molecule has 0 fully saturated rings. The van der Waals surface area contributed by atoms with Crippen molar-refractivity contribution in [1.82, 2.24) is 15.0 Å². The normalized spacial score (nSPS) is 14.7. The Labute approximate surface area is 169 Å². The highest BCUT2D eigenvalue weighted by atomic mass is 35.5. The SMILES string of the molecule is C=C/N=C\N(N)CC(O)(c1ccc(F)cc1F)C(C)c1nc(Cl)nc(Cl)c1F. The van der Waals surface area contributed by atoms with E-state index >= 15 is 0 Å². The number of aliphatic hydroxyl groups is 1. The lowest BCUT2D eigenvalue weighted by molar-refractivity contribution is -0.0110. The number of benzene rings is 1. The molecular formula is C17H16Cl2F3N5O. The molecule has 0 bridgehead atoms. The van der Waals surface area contributed by atoms with Crippen molar-refractivity contribution in [2.75, 3.05) is 6.54 Å². The molecular weight excluding hydrogens is 418 g/mol. The molecule has 2 atom stereocenters. The summed E-state index contributed by atoms with van der Waals surface area (Å²) < 4.78 is 42.4. The van der Waals surface area contributed by atoms with Crippen molar-refractivity contribution in [2.24, 2.45) is 10.8 Å². The molecule has 0 aliphatic rings. The first-order chi connectivity index (χ1) is 13.1. The van der Waals surface area contributed by atoms with Gasteiger partial charge in [-0.3, -0.25) is 5.01 Å². The van der Waals surface area contributed by atoms with Gasteiger partial charge >= 0.3 is 0 Å². The molecule has 11 heteroatoms. The number of hydrogen-bond acceptors (Lipinski definition) is 5. The van der Waals surface area contributed by atoms with Gasteiger partial charge in [-0.15, -0.1) is 0 Å². The van der Waals surface area contributed by atoms with Crippen LogP contribution >= 0.6 is 23.2 Å². The number of halogens is 5. The van der Waals surface area contributed by atoms with E-state index in [1.807, 2.05) is 0 Å². The van der Waals surface area contributed by atoms with E-state index in [-0.39, 0.29) is 16.5 Å². The van der Waals surface area contributed by atoms with Crippen LogP contribution in [-0.4, -0.2) is 33.0 Å². The summed E-state index contributed by atoms with van der Waals surface area (Å²) in [7, 11) is 0. The Morgan fingerprint density at radius 2 is 2.04 bits per heavy atom. The Bertz CT molecular complexity index is 915. The molecule has 1 aromatic heterocycles. The van der Waals surface area contributed by atoms with Crippen LogP contribution in [-0.2, 0) is 5.60 Å². The van der Waals surface area contributed by atoms with Crippen LogP contribution in [0.3, 0.4) is 0 Å². The Hall–Kier alpha value is -2.20. The van der Waals surface area contributed by atoms with Crippen molar-refractivity contribution in [3.63, 3.8) is 0 Å². The number of nitrogens with two attached hydrogens (primary N) is 1. The van der Waals surface area contributed by atoms with Gasteiger partial charge in [-0.25, -0.2) is 34.0 Å². The summed E-state index contributed by atoms with van der Waals surface area (Å²) >= 11 is 11.4. The van der Waals surface area contributed by atoms with E-state index in [9.17, 15) is 18.3 Å². The summed E-state index contributed by atoms with van der Waals surface area (Å²) in [5.41, 5.74) is -2.89. The largest absolute Gasteiger partial charge is 0.382 e. The molecule has 28 heavy (non-hydrogen) atoms. The maximum absolute atomic E-state index is 14.5. The van der Waals surface area contributed by atoms with Crippen LogP contribution in [0.1, 0.15) is 24.1 Å². The highest BCUT2D eigenvalue weighted by Gasteiger charge is 2.42. The van der Waals surface area contributed by atoms with Crippen LogP contribution < -0.4 is 5.84 Å². The quantitative estimate of drug-likeness (QED) is 0.174. The van der Waals surface area contributed by atoms with E-state index in [1.165, 1.54) is 13.1 Å². The monoisotopic (exact) mass is 433 g/mol. The molecule has 2 unspecified atom stereocenters. The third kappa shape index (κ3) is 4.61. The fraction of sp³-hybridized carbons (Fsp3) is 0.235. The molecule has 0 spiro atoms. The topological polar surface area (TPSA) is 87.6 Å². The van der Waals surface area contributed by atoms with Gasteiger partial charge in [-0.2, -0.15) is 0 Å². The first-order valence-corrected chi connectivity index (χ1v) is 8.57. The number of hydrazine groups is 1. The highest BCUT2D eigenvalue weighted by Crippen LogP contribution is 2.40. The second kappa shape index (κ2) is 8.87. The number of nitrogens with zero attached hydrogens (tertiary/aromatic N) is 4. The zero-order valence-corrected chi connectivity index (χ0v) is 16.1. The molecule has 6 nitrogen and oxygen atoms in total. The van der Waals surface area contributed by atoms with Crippen LogP contribution in [0, 0.1) is 17.5 Å². The molecule has 0 aliphatic heterocycles. The highest BCUT2D eigenvalue weighted by molar-refractivity contribution is 6.31. The summed E-state index contributed by atoms with van der Waals surface area (Å²) in [5.74, 6) is 1.60. The third-order valence-corrected chi connectivity index (χ3v) is 4.50. The molecule has 150 valence electrons. The number of aliphatic imine (C=N–C) groups is 1. The van der Waals surface area contributed by atoms with E-state index in [0.29, 0.717) is 6.07 Å². The minimum atomic E-state index is -2.18. The van der Waals surface area contributed by atoms with Crippen LogP contribution in [0.2, 0.25) is 10.4 Å². The van der Waals surface area contributed by atoms with Crippen molar-refractivity contribution in [2.45, 2.75) is 18.4 Å². The van der Waals surface area contributed by atoms with E-state index in [1.54, 1.807) is 0 Å². The minimum Gasteiger partial charge on any atom is -0.382 e. The van der Waals surface area contributed by atoms with E-state index < -0.39 is 40.7 Å². The Kier molecular flexibility index (Phi) is 7.00. The first-order valence-electron chi connectivity index (χ1n) is 7.82. The minimum absolute atomic E-state index is 0.339. The van der Waals surface area contributed by atoms with Gasteiger partial charge < -0.3 is 5.11 Å². The fourth-order valence-electron chi connectivity index (χ4n) is 2.67. The number of hydrogen-bond donors (Lipinski definition) is 2. The first kappa shape index (κ1) is 22.1. The van der Waals surface area contributed by atoms with E-state index in [4.69, 9.17) is 29.0 Å². The molecule has 2 rings (SSSR count). The van der Waals surface area contributed by atoms with Gasteiger partial charge in [0, 0.05) is 23.7 Å². The van der Waals surface area contributed by atoms with Crippen LogP contribution in [0.25, 0.3) is 0 Å². The average Bonchev–Trinajstić information content (AvgIpc) is 2.62. The molecule has 2 aromatic rings. The van der Waals surface area contributed by atoms with Crippen LogP contribution in [0.4, 0.5) is 13.2 Å². The van der Waals surface area contributed by atoms with Crippen molar-refractivity contribution in [1.29, 1.82) is 0 Å². The molecule has 0 radical (unpaired) electrons. The van der Waals surface area contributed by atoms with Gasteiger partial charge in [-0.05, 0) is 17.7 Å². The second-order valence-electron chi connectivity index (χ2n) is 5.87. The summed E-state index contributed by atoms with van der Waals surface area (Å²) in [6, 6.07) is 2.56. The zero-order chi connectivity index (χ0) is 21.1. The average molecular weight is 434 g/mol. The number of aromatic nitrogens is 2. The maximum Gasteiger partial charge on any atom is 0.224 e. The van der Waals surface area contributed by atoms with Crippen LogP contribution in [0.15, 0.2) is 36.0 Å². The Morgan fingerprint density at radius 1 is 1.36 bits per heavy atom. The number of rotatable bonds is 7. The lowest BCUT2D eigenvalue weighted by Gasteiger charge is -2.37. The van der Waals surface area contributed by atoms with Crippen LogP contribution in [0.5, 0.6) is 0 Å². The third-order valence-electron chi connectivity index (χ3n) is 4.08. The fourth-order valence-corrected chi connectivity index (χ4v) is 3.07. The molecule has 0 saturated carbocycles. The molecule has 1 heterocycles. The van der Waals surface area contributed by atoms with Crippen molar-refractivity contribution < 1.29 is 18.3 Å². The predicted molar refractivity (Wildman–Crippen MR) is 100 cm³/mol. The second-order valence-corrected chi connectivity index (χ2v) is 6.57. The smallest absolute Gasteiger partial charge is 0.224 e. The van der Waals surface area contributed by atoms with Gasteiger partial charge in [0.15, 0.2) is 11.0 Å². The van der Waals surface area contributed by atoms with Gasteiger partial charge in [0.25, 0.3) is 0 Å². The summed E-state index contributed by atoms with van der Waals surface area (Å²) in [4.78, 5) is 10.9. The van der Waals surface area contributed by atoms with Crippen molar-refractivity contribution in [3.05, 3.63) is 70.1 Å². The molecule has 1 aromatic carbocycles. The van der Waals surface area contributed by atoms with E-state index in [0.717, 1.165) is 23.5 Å². The van der Waals surface area contributed by atoms with Crippen molar-refractivity contribution in [3.8, 4) is 0 Å². The zero-order valence-electron chi connectivity index (χ0n) is 14.6. The lowest BCUT2D eigenvalue weighted by atomic mass is 9.79. The summed E-state index contributed by atoms with van der Waals surface area (Å²) in [6.07, 6.45) is 2.30. The van der Waals surface area contributed by atoms with Gasteiger partial charge in [-0.1, -0.05) is 31.2 Å². The maximum atomic E-state index is 14.5. The summed E-state index contributed by atoms with van der Waals surface area (Å²) in [6.45, 7) is 4.28. The molecule has 0 aliphatic carbocycles. The van der Waals surface area contributed by atoms with E-state index in [2.05, 4.69) is 21.5 Å². The standard InChI is InChI=1S/C17H16Cl2F3N5O/c1-3-24-8-27(23)7-17(28,11-5-4-10(20)6-12(11)21)9(2)14-13(22)15(18)26-16(19)25-14/h3-6,8-9,28H,1,7,23H2,2H3/b24-8-. The lowest BCUT2D eigenvalue weighted by Crippen LogP contribution is -2.47. The van der Waals surface area contributed by atoms with Crippen molar-refractivity contribution >= 4 is 29.5 Å². The predicted octanol–water partition coefficient (Wildman–Crippen LogP) is 3.54.